The van der Waals surface area contributed by atoms with Crippen molar-refractivity contribution in [2.75, 3.05) is 12.3 Å². The highest BCUT2D eigenvalue weighted by molar-refractivity contribution is 7.99. The quantitative estimate of drug-likeness (QED) is 0.560. The van der Waals surface area contributed by atoms with Crippen LogP contribution in [0.4, 0.5) is 0 Å². The third-order valence-electron chi connectivity index (χ3n) is 3.90. The Kier molecular flexibility index (Phi) is 4.66. The number of thioether (sulfide) groups is 1. The molecule has 3 rings (SSSR count). The molecular weight excluding hydrogens is 268 g/mol. The summed E-state index contributed by atoms with van der Waals surface area (Å²) in [4.78, 5) is 0. The molecule has 0 saturated heterocycles. The van der Waals surface area contributed by atoms with Gasteiger partial charge in [-0.2, -0.15) is 0 Å². The molecule has 2 aliphatic carbocycles. The Balaban J connectivity index is 1.45. The van der Waals surface area contributed by atoms with Crippen LogP contribution in [0.1, 0.15) is 70.2 Å². The molecule has 0 spiro atoms. The lowest BCUT2D eigenvalue weighted by Gasteiger charge is -2.09. The van der Waals surface area contributed by atoms with E-state index >= 15 is 0 Å². The number of hydrogen-bond acceptors (Lipinski definition) is 4. The van der Waals surface area contributed by atoms with Crippen LogP contribution in [0, 0.1) is 0 Å². The Morgan fingerprint density at radius 2 is 2.00 bits per heavy atom. The van der Waals surface area contributed by atoms with Gasteiger partial charge in [0.1, 0.15) is 5.82 Å². The summed E-state index contributed by atoms with van der Waals surface area (Å²) in [5.74, 6) is 3.15. The second-order valence-corrected chi connectivity index (χ2v) is 7.44. The van der Waals surface area contributed by atoms with Gasteiger partial charge in [0.25, 0.3) is 0 Å². The van der Waals surface area contributed by atoms with Gasteiger partial charge in [-0.25, -0.2) is 0 Å². The molecule has 1 aromatic rings. The highest BCUT2D eigenvalue weighted by Crippen LogP contribution is 2.45. The summed E-state index contributed by atoms with van der Waals surface area (Å²) in [7, 11) is 0. The lowest BCUT2D eigenvalue weighted by Crippen LogP contribution is -2.23. The molecular formula is C15H26N4S. The average Bonchev–Trinajstić information content (AvgIpc) is 3.32. The van der Waals surface area contributed by atoms with Crippen molar-refractivity contribution in [1.82, 2.24) is 20.1 Å². The van der Waals surface area contributed by atoms with Gasteiger partial charge in [-0.05, 0) is 45.1 Å². The molecule has 2 saturated carbocycles. The van der Waals surface area contributed by atoms with Crippen LogP contribution in [0.3, 0.4) is 0 Å². The van der Waals surface area contributed by atoms with Gasteiger partial charge >= 0.3 is 0 Å². The summed E-state index contributed by atoms with van der Waals surface area (Å²) in [6.07, 6.45) is 7.78. The molecule has 1 aromatic heterocycles. The highest BCUT2D eigenvalue weighted by atomic mass is 32.2. The Morgan fingerprint density at radius 1 is 1.20 bits per heavy atom. The minimum Gasteiger partial charge on any atom is -0.315 e. The van der Waals surface area contributed by atoms with Gasteiger partial charge < -0.3 is 9.88 Å². The minimum atomic E-state index is 0.599. The molecule has 0 bridgehead atoms. The van der Waals surface area contributed by atoms with Crippen molar-refractivity contribution in [3.8, 4) is 0 Å². The van der Waals surface area contributed by atoms with E-state index in [2.05, 4.69) is 33.9 Å². The molecule has 112 valence electrons. The van der Waals surface area contributed by atoms with E-state index in [9.17, 15) is 0 Å². The van der Waals surface area contributed by atoms with E-state index in [-0.39, 0.29) is 0 Å². The summed E-state index contributed by atoms with van der Waals surface area (Å²) in [5, 5.41) is 13.5. The Morgan fingerprint density at radius 3 is 2.65 bits per heavy atom. The molecule has 0 aliphatic heterocycles. The number of hydrogen-bond donors (Lipinski definition) is 1. The van der Waals surface area contributed by atoms with Crippen LogP contribution in [0.15, 0.2) is 5.16 Å². The second-order valence-electron chi connectivity index (χ2n) is 6.38. The predicted molar refractivity (Wildman–Crippen MR) is 83.4 cm³/mol. The molecule has 2 aliphatic rings. The first-order valence-electron chi connectivity index (χ1n) is 8.06. The maximum atomic E-state index is 4.46. The first-order valence-corrected chi connectivity index (χ1v) is 9.05. The van der Waals surface area contributed by atoms with Crippen LogP contribution in [0.2, 0.25) is 0 Å². The van der Waals surface area contributed by atoms with Gasteiger partial charge in [-0.15, -0.1) is 10.2 Å². The van der Waals surface area contributed by atoms with Gasteiger partial charge in [0.15, 0.2) is 5.16 Å². The van der Waals surface area contributed by atoms with Crippen molar-refractivity contribution in [2.24, 2.45) is 0 Å². The monoisotopic (exact) mass is 294 g/mol. The van der Waals surface area contributed by atoms with E-state index in [0.29, 0.717) is 18.0 Å². The van der Waals surface area contributed by atoms with E-state index in [1.807, 2.05) is 11.8 Å². The Labute approximate surface area is 126 Å². The number of nitrogens with zero attached hydrogens (tertiary/aromatic N) is 3. The number of unbranched alkanes of at least 4 members (excludes halogenated alkanes) is 1. The molecule has 0 amide bonds. The lowest BCUT2D eigenvalue weighted by atomic mass is 10.3. The van der Waals surface area contributed by atoms with Crippen molar-refractivity contribution in [1.29, 1.82) is 0 Å². The van der Waals surface area contributed by atoms with Crippen LogP contribution < -0.4 is 5.32 Å². The van der Waals surface area contributed by atoms with Crippen molar-refractivity contribution in [2.45, 2.75) is 75.5 Å². The molecule has 5 heteroatoms. The number of nitrogens with one attached hydrogen (secondary N) is 1. The lowest BCUT2D eigenvalue weighted by molar-refractivity contribution is 0.567. The van der Waals surface area contributed by atoms with Crippen molar-refractivity contribution < 1.29 is 0 Å². The van der Waals surface area contributed by atoms with Crippen molar-refractivity contribution in [3.05, 3.63) is 5.82 Å². The van der Waals surface area contributed by atoms with E-state index in [0.717, 1.165) is 12.3 Å². The zero-order valence-corrected chi connectivity index (χ0v) is 13.5. The molecule has 20 heavy (non-hydrogen) atoms. The van der Waals surface area contributed by atoms with E-state index in [4.69, 9.17) is 0 Å². The average molecular weight is 294 g/mol. The van der Waals surface area contributed by atoms with Gasteiger partial charge in [0.2, 0.25) is 0 Å². The predicted octanol–water partition coefficient (Wildman–Crippen LogP) is 3.36. The second kappa shape index (κ2) is 6.48. The minimum absolute atomic E-state index is 0.599. The highest BCUT2D eigenvalue weighted by Gasteiger charge is 2.36. The number of rotatable bonds is 9. The fourth-order valence-corrected chi connectivity index (χ4v) is 3.48. The zero-order valence-electron chi connectivity index (χ0n) is 12.6. The summed E-state index contributed by atoms with van der Waals surface area (Å²) < 4.78 is 2.45. The van der Waals surface area contributed by atoms with Gasteiger partial charge in [-0.1, -0.05) is 25.6 Å². The van der Waals surface area contributed by atoms with Crippen LogP contribution in [-0.2, 0) is 0 Å². The Bertz CT molecular complexity index is 435. The maximum Gasteiger partial charge on any atom is 0.191 e. The summed E-state index contributed by atoms with van der Waals surface area (Å²) in [6.45, 7) is 5.53. The largest absolute Gasteiger partial charge is 0.315 e. The van der Waals surface area contributed by atoms with Crippen molar-refractivity contribution >= 4 is 11.8 Å². The first-order chi connectivity index (χ1) is 9.75. The smallest absolute Gasteiger partial charge is 0.191 e. The standard InChI is InChI=1S/C15H26N4S/c1-11(2)16-9-3-4-10-20-15-18-17-14(12-5-6-12)19(15)13-7-8-13/h11-13,16H,3-10H2,1-2H3. The van der Waals surface area contributed by atoms with Crippen LogP contribution in [-0.4, -0.2) is 33.1 Å². The van der Waals surface area contributed by atoms with Gasteiger partial charge in [-0.3, -0.25) is 0 Å². The van der Waals surface area contributed by atoms with E-state index in [1.54, 1.807) is 0 Å². The molecule has 0 unspecified atom stereocenters. The normalized spacial score (nSPS) is 18.9. The zero-order chi connectivity index (χ0) is 13.9. The molecule has 4 nitrogen and oxygen atoms in total. The summed E-state index contributed by atoms with van der Waals surface area (Å²) in [5.41, 5.74) is 0. The van der Waals surface area contributed by atoms with Gasteiger partial charge in [0, 0.05) is 23.8 Å². The SMILES string of the molecule is CC(C)NCCCCSc1nnc(C2CC2)n1C1CC1. The molecule has 0 aromatic carbocycles. The fraction of sp³-hybridized carbons (Fsp3) is 0.867. The summed E-state index contributed by atoms with van der Waals surface area (Å²) >= 11 is 1.90. The first kappa shape index (κ1) is 14.4. The van der Waals surface area contributed by atoms with E-state index < -0.39 is 0 Å². The molecule has 0 radical (unpaired) electrons. The molecule has 2 fully saturated rings. The third kappa shape index (κ3) is 3.76. The maximum absolute atomic E-state index is 4.46. The molecule has 1 heterocycles. The molecule has 0 atom stereocenters. The topological polar surface area (TPSA) is 42.7 Å². The summed E-state index contributed by atoms with van der Waals surface area (Å²) in [6, 6.07) is 1.31. The number of aromatic nitrogens is 3. The van der Waals surface area contributed by atoms with Gasteiger partial charge in [0.05, 0.1) is 0 Å². The molecule has 1 N–H and O–H groups in total. The van der Waals surface area contributed by atoms with Crippen molar-refractivity contribution in [3.63, 3.8) is 0 Å². The third-order valence-corrected chi connectivity index (χ3v) is 4.93. The van der Waals surface area contributed by atoms with Crippen LogP contribution in [0.5, 0.6) is 0 Å². The van der Waals surface area contributed by atoms with Crippen LogP contribution >= 0.6 is 11.8 Å². The van der Waals surface area contributed by atoms with Crippen LogP contribution in [0.25, 0.3) is 0 Å². The Hall–Kier alpha value is -0.550. The fourth-order valence-electron chi connectivity index (χ4n) is 2.46. The van der Waals surface area contributed by atoms with E-state index in [1.165, 1.54) is 49.5 Å².